The number of aromatic nitrogens is 4. The van der Waals surface area contributed by atoms with Gasteiger partial charge in [-0.25, -0.2) is 0 Å². The highest BCUT2D eigenvalue weighted by atomic mass is 16.6. The van der Waals surface area contributed by atoms with E-state index in [1.165, 1.54) is 0 Å². The summed E-state index contributed by atoms with van der Waals surface area (Å²) in [4.78, 5) is 4.64. The molecule has 0 aromatic carbocycles. The Bertz CT molecular complexity index is 678. The normalized spacial score (nSPS) is 22.7. The molecule has 2 aliphatic rings. The minimum absolute atomic E-state index is 0.192. The van der Waals surface area contributed by atoms with Gasteiger partial charge in [-0.05, 0) is 26.1 Å². The third kappa shape index (κ3) is 2.89. The van der Waals surface area contributed by atoms with Crippen LogP contribution in [0, 0.1) is 6.92 Å². The highest BCUT2D eigenvalue weighted by Gasteiger charge is 2.32. The Kier molecular flexibility index (Phi) is 3.88. The van der Waals surface area contributed by atoms with Crippen molar-refractivity contribution >= 4 is 11.5 Å². The van der Waals surface area contributed by atoms with E-state index in [9.17, 15) is 0 Å². The molecule has 124 valence electrons. The molecule has 23 heavy (non-hydrogen) atoms. The molecule has 4 rings (SSSR count). The summed E-state index contributed by atoms with van der Waals surface area (Å²) in [6.07, 6.45) is 0.192. The van der Waals surface area contributed by atoms with Crippen LogP contribution in [0.3, 0.4) is 0 Å². The zero-order valence-corrected chi connectivity index (χ0v) is 13.6. The Labute approximate surface area is 135 Å². The first-order valence-corrected chi connectivity index (χ1v) is 8.04. The summed E-state index contributed by atoms with van der Waals surface area (Å²) < 4.78 is 13.0. The van der Waals surface area contributed by atoms with E-state index in [1.54, 1.807) is 4.52 Å². The van der Waals surface area contributed by atoms with E-state index in [0.29, 0.717) is 25.9 Å². The van der Waals surface area contributed by atoms with Gasteiger partial charge in [0.05, 0.1) is 25.9 Å². The van der Waals surface area contributed by atoms with E-state index in [4.69, 9.17) is 9.47 Å². The van der Waals surface area contributed by atoms with E-state index in [-0.39, 0.29) is 6.10 Å². The van der Waals surface area contributed by atoms with Crippen molar-refractivity contribution in [3.63, 3.8) is 0 Å². The number of likely N-dealkylation sites (N-methyl/N-ethyl adjacent to an activating group) is 1. The smallest absolute Gasteiger partial charge is 0.178 e. The minimum atomic E-state index is 0.192. The number of aryl methyl sites for hydroxylation is 1. The van der Waals surface area contributed by atoms with Crippen molar-refractivity contribution in [2.45, 2.75) is 19.1 Å². The predicted octanol–water partition coefficient (Wildman–Crippen LogP) is -0.0315. The molecule has 2 aromatic rings. The Hall–Kier alpha value is -1.77. The Morgan fingerprint density at radius 3 is 2.91 bits per heavy atom. The van der Waals surface area contributed by atoms with Crippen LogP contribution in [0.25, 0.3) is 5.65 Å². The SMILES string of the molecule is Cc1nnc2ccc(N3CC(N(C)CC4COCCO4)C3)nn12. The molecule has 0 spiro atoms. The molecular weight excluding hydrogens is 296 g/mol. The Morgan fingerprint density at radius 1 is 1.26 bits per heavy atom. The topological polar surface area (TPSA) is 68.0 Å². The molecule has 2 aliphatic heterocycles. The quantitative estimate of drug-likeness (QED) is 0.784. The molecule has 0 amide bonds. The van der Waals surface area contributed by atoms with Gasteiger partial charge in [-0.2, -0.15) is 4.52 Å². The van der Waals surface area contributed by atoms with Crippen LogP contribution in [-0.2, 0) is 9.47 Å². The van der Waals surface area contributed by atoms with Gasteiger partial charge in [0, 0.05) is 25.7 Å². The van der Waals surface area contributed by atoms with Crippen LogP contribution in [0.1, 0.15) is 5.82 Å². The molecule has 8 nitrogen and oxygen atoms in total. The van der Waals surface area contributed by atoms with Gasteiger partial charge < -0.3 is 14.4 Å². The fourth-order valence-corrected chi connectivity index (χ4v) is 3.09. The monoisotopic (exact) mass is 318 g/mol. The lowest BCUT2D eigenvalue weighted by atomic mass is 10.1. The molecule has 1 atom stereocenters. The van der Waals surface area contributed by atoms with Crippen molar-refractivity contribution in [3.8, 4) is 0 Å². The molecular formula is C15H22N6O2. The van der Waals surface area contributed by atoms with Crippen LogP contribution in [0.2, 0.25) is 0 Å². The molecule has 0 saturated carbocycles. The lowest BCUT2D eigenvalue weighted by molar-refractivity contribution is -0.0990. The zero-order chi connectivity index (χ0) is 15.8. The molecule has 2 fully saturated rings. The summed E-state index contributed by atoms with van der Waals surface area (Å²) in [5.41, 5.74) is 0.787. The van der Waals surface area contributed by atoms with Crippen molar-refractivity contribution in [3.05, 3.63) is 18.0 Å². The second-order valence-corrected chi connectivity index (χ2v) is 6.27. The fraction of sp³-hybridized carbons (Fsp3) is 0.667. The summed E-state index contributed by atoms with van der Waals surface area (Å²) >= 11 is 0. The first-order chi connectivity index (χ1) is 11.2. The number of hydrogen-bond acceptors (Lipinski definition) is 7. The van der Waals surface area contributed by atoms with Crippen LogP contribution < -0.4 is 4.90 Å². The van der Waals surface area contributed by atoms with Crippen molar-refractivity contribution < 1.29 is 9.47 Å². The van der Waals surface area contributed by atoms with Gasteiger partial charge >= 0.3 is 0 Å². The number of anilines is 1. The first-order valence-electron chi connectivity index (χ1n) is 8.04. The van der Waals surface area contributed by atoms with E-state index in [0.717, 1.165) is 36.9 Å². The molecule has 4 heterocycles. The second kappa shape index (κ2) is 6.03. The van der Waals surface area contributed by atoms with Crippen molar-refractivity contribution in [1.82, 2.24) is 24.7 Å². The molecule has 8 heteroatoms. The maximum atomic E-state index is 5.72. The summed E-state index contributed by atoms with van der Waals surface area (Å²) in [5, 5.41) is 12.7. The number of fused-ring (bicyclic) bond motifs is 1. The van der Waals surface area contributed by atoms with Gasteiger partial charge in [0.2, 0.25) is 0 Å². The van der Waals surface area contributed by atoms with Crippen molar-refractivity contribution in [2.75, 3.05) is 51.4 Å². The van der Waals surface area contributed by atoms with Crippen LogP contribution in [0.4, 0.5) is 5.82 Å². The lowest BCUT2D eigenvalue weighted by Gasteiger charge is -2.45. The predicted molar refractivity (Wildman–Crippen MR) is 84.7 cm³/mol. The molecule has 0 radical (unpaired) electrons. The maximum Gasteiger partial charge on any atom is 0.178 e. The van der Waals surface area contributed by atoms with Crippen molar-refractivity contribution in [1.29, 1.82) is 0 Å². The highest BCUT2D eigenvalue weighted by Crippen LogP contribution is 2.22. The lowest BCUT2D eigenvalue weighted by Crippen LogP contribution is -2.60. The van der Waals surface area contributed by atoms with Gasteiger partial charge in [-0.1, -0.05) is 0 Å². The van der Waals surface area contributed by atoms with Crippen molar-refractivity contribution in [2.24, 2.45) is 0 Å². The number of rotatable bonds is 4. The van der Waals surface area contributed by atoms with Gasteiger partial charge in [0.15, 0.2) is 11.5 Å². The molecule has 2 saturated heterocycles. The summed E-state index contributed by atoms with van der Waals surface area (Å²) in [5.74, 6) is 1.78. The third-order valence-electron chi connectivity index (χ3n) is 4.59. The second-order valence-electron chi connectivity index (χ2n) is 6.27. The summed E-state index contributed by atoms with van der Waals surface area (Å²) in [6.45, 7) is 6.90. The van der Waals surface area contributed by atoms with E-state index in [1.807, 2.05) is 19.1 Å². The van der Waals surface area contributed by atoms with Gasteiger partial charge in [0.1, 0.15) is 5.82 Å². The van der Waals surface area contributed by atoms with Crippen LogP contribution >= 0.6 is 0 Å². The van der Waals surface area contributed by atoms with Crippen LogP contribution in [-0.4, -0.2) is 83.4 Å². The largest absolute Gasteiger partial charge is 0.376 e. The van der Waals surface area contributed by atoms with Gasteiger partial charge in [0.25, 0.3) is 0 Å². The standard InChI is InChI=1S/C15H22N6O2/c1-11-16-17-14-3-4-15(18-21(11)14)20-7-12(8-20)19(2)9-13-10-22-5-6-23-13/h3-4,12-13H,5-10H2,1-2H3. The molecule has 0 aliphatic carbocycles. The first kappa shape index (κ1) is 14.8. The Balaban J connectivity index is 1.35. The molecule has 0 N–H and O–H groups in total. The average Bonchev–Trinajstić information content (AvgIpc) is 2.88. The number of hydrogen-bond donors (Lipinski definition) is 0. The number of ether oxygens (including phenoxy) is 2. The van der Waals surface area contributed by atoms with Crippen LogP contribution in [0.15, 0.2) is 12.1 Å². The zero-order valence-electron chi connectivity index (χ0n) is 13.6. The van der Waals surface area contributed by atoms with E-state index < -0.39 is 0 Å². The summed E-state index contributed by atoms with van der Waals surface area (Å²) in [7, 11) is 2.15. The summed E-state index contributed by atoms with van der Waals surface area (Å²) in [6, 6.07) is 4.50. The van der Waals surface area contributed by atoms with Gasteiger partial charge in [-0.15, -0.1) is 15.3 Å². The van der Waals surface area contributed by atoms with E-state index >= 15 is 0 Å². The fourth-order valence-electron chi connectivity index (χ4n) is 3.09. The molecule has 2 aromatic heterocycles. The maximum absolute atomic E-state index is 5.72. The van der Waals surface area contributed by atoms with Gasteiger partial charge in [-0.3, -0.25) is 4.90 Å². The third-order valence-corrected chi connectivity index (χ3v) is 4.59. The highest BCUT2D eigenvalue weighted by molar-refractivity contribution is 5.47. The van der Waals surface area contributed by atoms with E-state index in [2.05, 4.69) is 32.1 Å². The Morgan fingerprint density at radius 2 is 2.13 bits per heavy atom. The van der Waals surface area contributed by atoms with Crippen LogP contribution in [0.5, 0.6) is 0 Å². The molecule has 1 unspecified atom stereocenters. The molecule has 0 bridgehead atoms. The number of nitrogens with zero attached hydrogens (tertiary/aromatic N) is 6. The average molecular weight is 318 g/mol. The minimum Gasteiger partial charge on any atom is -0.376 e.